The third kappa shape index (κ3) is 25.2. The predicted octanol–water partition coefficient (Wildman–Crippen LogP) is 8.69. The Hall–Kier alpha value is -1.06. The highest BCUT2D eigenvalue weighted by molar-refractivity contribution is 5.69. The SMILES string of the molecule is CCCCCCCCCCCC(=O)OCCCCOC(=O)CCCCCCCCCCC. The molecular formula is C28H54O4. The van der Waals surface area contributed by atoms with Gasteiger partial charge in [-0.05, 0) is 25.7 Å². The van der Waals surface area contributed by atoms with Gasteiger partial charge in [0.05, 0.1) is 13.2 Å². The second-order valence-corrected chi connectivity index (χ2v) is 9.30. The van der Waals surface area contributed by atoms with Crippen molar-refractivity contribution in [1.29, 1.82) is 0 Å². The van der Waals surface area contributed by atoms with Crippen LogP contribution in [0, 0.1) is 0 Å². The normalized spacial score (nSPS) is 10.9. The zero-order valence-corrected chi connectivity index (χ0v) is 21.6. The summed E-state index contributed by atoms with van der Waals surface area (Å²) >= 11 is 0. The van der Waals surface area contributed by atoms with E-state index in [4.69, 9.17) is 9.47 Å². The lowest BCUT2D eigenvalue weighted by Crippen LogP contribution is -2.08. The largest absolute Gasteiger partial charge is 0.466 e. The summed E-state index contributed by atoms with van der Waals surface area (Å²) in [7, 11) is 0. The second-order valence-electron chi connectivity index (χ2n) is 9.30. The van der Waals surface area contributed by atoms with Crippen molar-refractivity contribution in [2.45, 2.75) is 155 Å². The molecule has 0 amide bonds. The summed E-state index contributed by atoms with van der Waals surface area (Å²) in [6, 6.07) is 0. The van der Waals surface area contributed by atoms with Crippen LogP contribution in [-0.2, 0) is 19.1 Å². The minimum Gasteiger partial charge on any atom is -0.466 e. The van der Waals surface area contributed by atoms with Gasteiger partial charge in [0.25, 0.3) is 0 Å². The average Bonchev–Trinajstić information content (AvgIpc) is 2.79. The first-order chi connectivity index (χ1) is 15.7. The number of hydrogen-bond donors (Lipinski definition) is 0. The van der Waals surface area contributed by atoms with Crippen molar-refractivity contribution in [3.8, 4) is 0 Å². The van der Waals surface area contributed by atoms with E-state index in [1.54, 1.807) is 0 Å². The van der Waals surface area contributed by atoms with Crippen molar-refractivity contribution < 1.29 is 19.1 Å². The summed E-state index contributed by atoms with van der Waals surface area (Å²) in [5, 5.41) is 0. The van der Waals surface area contributed by atoms with E-state index in [1.165, 1.54) is 89.9 Å². The molecule has 0 aromatic carbocycles. The van der Waals surface area contributed by atoms with Crippen molar-refractivity contribution in [3.05, 3.63) is 0 Å². The second kappa shape index (κ2) is 26.2. The van der Waals surface area contributed by atoms with Crippen molar-refractivity contribution >= 4 is 11.9 Å². The number of ether oxygens (including phenoxy) is 2. The summed E-state index contributed by atoms with van der Waals surface area (Å²) in [5.41, 5.74) is 0. The fourth-order valence-corrected chi connectivity index (χ4v) is 3.88. The smallest absolute Gasteiger partial charge is 0.305 e. The van der Waals surface area contributed by atoms with Crippen LogP contribution in [0.1, 0.15) is 155 Å². The first-order valence-corrected chi connectivity index (χ1v) is 14.0. The van der Waals surface area contributed by atoms with Crippen LogP contribution in [0.15, 0.2) is 0 Å². The van der Waals surface area contributed by atoms with E-state index in [-0.39, 0.29) is 11.9 Å². The van der Waals surface area contributed by atoms with Crippen LogP contribution in [0.2, 0.25) is 0 Å². The molecule has 0 aliphatic rings. The first kappa shape index (κ1) is 30.9. The first-order valence-electron chi connectivity index (χ1n) is 14.0. The summed E-state index contributed by atoms with van der Waals surface area (Å²) in [5.74, 6) is -0.175. The third-order valence-corrected chi connectivity index (χ3v) is 6.03. The zero-order chi connectivity index (χ0) is 23.5. The maximum atomic E-state index is 11.7. The molecule has 0 aliphatic heterocycles. The monoisotopic (exact) mass is 454 g/mol. The Morgan fingerprint density at radius 1 is 0.406 bits per heavy atom. The van der Waals surface area contributed by atoms with Crippen LogP contribution in [0.4, 0.5) is 0 Å². The van der Waals surface area contributed by atoms with E-state index in [2.05, 4.69) is 13.8 Å². The number of carbonyl (C=O) groups is 2. The Balaban J connectivity index is 3.27. The van der Waals surface area contributed by atoms with Gasteiger partial charge in [0.1, 0.15) is 0 Å². The van der Waals surface area contributed by atoms with Crippen LogP contribution < -0.4 is 0 Å². The molecule has 0 fully saturated rings. The Morgan fingerprint density at radius 3 is 1.00 bits per heavy atom. The van der Waals surface area contributed by atoms with Gasteiger partial charge < -0.3 is 9.47 Å². The molecule has 4 nitrogen and oxygen atoms in total. The quantitative estimate of drug-likeness (QED) is 0.102. The highest BCUT2D eigenvalue weighted by Gasteiger charge is 2.04. The predicted molar refractivity (Wildman–Crippen MR) is 135 cm³/mol. The van der Waals surface area contributed by atoms with Gasteiger partial charge in [-0.15, -0.1) is 0 Å². The van der Waals surface area contributed by atoms with E-state index in [9.17, 15) is 9.59 Å². The van der Waals surface area contributed by atoms with Crippen LogP contribution in [0.3, 0.4) is 0 Å². The van der Waals surface area contributed by atoms with Gasteiger partial charge in [-0.3, -0.25) is 9.59 Å². The molecule has 0 aromatic heterocycles. The van der Waals surface area contributed by atoms with E-state index < -0.39 is 0 Å². The number of hydrogen-bond acceptors (Lipinski definition) is 4. The van der Waals surface area contributed by atoms with Gasteiger partial charge >= 0.3 is 11.9 Å². The molecule has 0 saturated carbocycles. The number of rotatable bonds is 25. The molecule has 0 spiro atoms. The Labute approximate surface area is 199 Å². The molecule has 0 bridgehead atoms. The van der Waals surface area contributed by atoms with Crippen molar-refractivity contribution in [3.63, 3.8) is 0 Å². The van der Waals surface area contributed by atoms with Crippen LogP contribution >= 0.6 is 0 Å². The Morgan fingerprint density at radius 2 is 0.688 bits per heavy atom. The highest BCUT2D eigenvalue weighted by Crippen LogP contribution is 2.12. The minimum absolute atomic E-state index is 0.0877. The van der Waals surface area contributed by atoms with E-state index in [0.29, 0.717) is 26.1 Å². The molecular weight excluding hydrogens is 400 g/mol. The molecule has 32 heavy (non-hydrogen) atoms. The van der Waals surface area contributed by atoms with E-state index in [0.717, 1.165) is 38.5 Å². The van der Waals surface area contributed by atoms with Gasteiger partial charge in [0.15, 0.2) is 0 Å². The minimum atomic E-state index is -0.0877. The topological polar surface area (TPSA) is 52.6 Å². The molecule has 0 aromatic rings. The summed E-state index contributed by atoms with van der Waals surface area (Å²) in [6.07, 6.45) is 25.1. The summed E-state index contributed by atoms with van der Waals surface area (Å²) < 4.78 is 10.5. The lowest BCUT2D eigenvalue weighted by molar-refractivity contribution is -0.146. The molecule has 0 aliphatic carbocycles. The van der Waals surface area contributed by atoms with Gasteiger partial charge in [-0.25, -0.2) is 0 Å². The van der Waals surface area contributed by atoms with Crippen molar-refractivity contribution in [2.75, 3.05) is 13.2 Å². The molecule has 0 rings (SSSR count). The Bertz CT molecular complexity index is 370. The van der Waals surface area contributed by atoms with Crippen molar-refractivity contribution in [1.82, 2.24) is 0 Å². The average molecular weight is 455 g/mol. The molecule has 0 atom stereocenters. The maximum Gasteiger partial charge on any atom is 0.305 e. The molecule has 0 N–H and O–H groups in total. The molecule has 4 heteroatoms. The maximum absolute atomic E-state index is 11.7. The van der Waals surface area contributed by atoms with Crippen LogP contribution in [-0.4, -0.2) is 25.2 Å². The highest BCUT2D eigenvalue weighted by atomic mass is 16.5. The lowest BCUT2D eigenvalue weighted by atomic mass is 10.1. The zero-order valence-electron chi connectivity index (χ0n) is 21.6. The fraction of sp³-hybridized carbons (Fsp3) is 0.929. The molecule has 190 valence electrons. The summed E-state index contributed by atoms with van der Waals surface area (Å²) in [6.45, 7) is 5.36. The number of esters is 2. The fourth-order valence-electron chi connectivity index (χ4n) is 3.88. The number of unbranched alkanes of at least 4 members (excludes halogenated alkanes) is 17. The summed E-state index contributed by atoms with van der Waals surface area (Å²) in [4.78, 5) is 23.5. The van der Waals surface area contributed by atoms with Gasteiger partial charge in [-0.1, -0.05) is 117 Å². The van der Waals surface area contributed by atoms with Gasteiger partial charge in [0.2, 0.25) is 0 Å². The standard InChI is InChI=1S/C28H54O4/c1-3-5-7-9-11-13-15-17-19-23-27(29)31-25-21-22-26-32-28(30)24-20-18-16-14-12-10-8-6-4-2/h3-26H2,1-2H3. The van der Waals surface area contributed by atoms with E-state index >= 15 is 0 Å². The molecule has 0 unspecified atom stereocenters. The lowest BCUT2D eigenvalue weighted by Gasteiger charge is -2.07. The van der Waals surface area contributed by atoms with Gasteiger partial charge in [-0.2, -0.15) is 0 Å². The molecule has 0 saturated heterocycles. The van der Waals surface area contributed by atoms with Gasteiger partial charge in [0, 0.05) is 12.8 Å². The number of carbonyl (C=O) groups excluding carboxylic acids is 2. The van der Waals surface area contributed by atoms with E-state index in [1.807, 2.05) is 0 Å². The molecule has 0 radical (unpaired) electrons. The Kier molecular flexibility index (Phi) is 25.3. The van der Waals surface area contributed by atoms with Crippen LogP contribution in [0.25, 0.3) is 0 Å². The van der Waals surface area contributed by atoms with Crippen LogP contribution in [0.5, 0.6) is 0 Å². The molecule has 0 heterocycles. The van der Waals surface area contributed by atoms with Crippen molar-refractivity contribution in [2.24, 2.45) is 0 Å². The third-order valence-electron chi connectivity index (χ3n) is 6.03.